The second kappa shape index (κ2) is 9.42. The van der Waals surface area contributed by atoms with Crippen molar-refractivity contribution in [3.8, 4) is 0 Å². The van der Waals surface area contributed by atoms with Gasteiger partial charge in [0.15, 0.2) is 0 Å². The van der Waals surface area contributed by atoms with Crippen LogP contribution in [0.2, 0.25) is 0 Å². The summed E-state index contributed by atoms with van der Waals surface area (Å²) in [5, 5.41) is 3.07. The Morgan fingerprint density at radius 2 is 1.55 bits per heavy atom. The molecule has 0 unspecified atom stereocenters. The van der Waals surface area contributed by atoms with E-state index in [9.17, 15) is 13.2 Å². The fourth-order valence-corrected chi connectivity index (χ4v) is 8.61. The highest BCUT2D eigenvalue weighted by Crippen LogP contribution is 2.60. The molecule has 4 saturated carbocycles. The van der Waals surface area contributed by atoms with Gasteiger partial charge in [-0.15, -0.1) is 0 Å². The Morgan fingerprint density at radius 3 is 2.13 bits per heavy atom. The molecule has 7 nitrogen and oxygen atoms in total. The Labute approximate surface area is 224 Å². The van der Waals surface area contributed by atoms with Crippen molar-refractivity contribution in [2.45, 2.75) is 48.8 Å². The van der Waals surface area contributed by atoms with E-state index < -0.39 is 16.0 Å². The molecule has 8 heteroatoms. The van der Waals surface area contributed by atoms with Crippen molar-refractivity contribution in [1.82, 2.24) is 4.98 Å². The first-order valence-electron chi connectivity index (χ1n) is 13.3. The first-order chi connectivity index (χ1) is 18.3. The largest absolute Gasteiger partial charge is 0.465 e. The van der Waals surface area contributed by atoms with E-state index in [4.69, 9.17) is 4.74 Å². The molecule has 0 amide bonds. The van der Waals surface area contributed by atoms with Gasteiger partial charge in [-0.2, -0.15) is 0 Å². The topological polar surface area (TPSA) is 88.6 Å². The van der Waals surface area contributed by atoms with Crippen molar-refractivity contribution in [2.24, 2.45) is 17.8 Å². The van der Waals surface area contributed by atoms with E-state index in [1.165, 1.54) is 55.5 Å². The number of carbonyl (C=O) groups is 1. The van der Waals surface area contributed by atoms with E-state index >= 15 is 0 Å². The maximum Gasteiger partial charge on any atom is 0.341 e. The number of hydrogen-bond acceptors (Lipinski definition) is 6. The first kappa shape index (κ1) is 24.9. The summed E-state index contributed by atoms with van der Waals surface area (Å²) in [6.45, 7) is 0. The van der Waals surface area contributed by atoms with E-state index in [1.807, 2.05) is 12.1 Å². The van der Waals surface area contributed by atoms with Crippen molar-refractivity contribution in [1.29, 1.82) is 0 Å². The number of nitrogens with one attached hydrogen (secondary N) is 1. The molecular formula is C30H33N3O4S. The van der Waals surface area contributed by atoms with Gasteiger partial charge in [-0.05, 0) is 116 Å². The van der Waals surface area contributed by atoms with E-state index in [1.54, 1.807) is 49.6 Å². The number of pyridine rings is 1. The lowest BCUT2D eigenvalue weighted by atomic mass is 9.48. The minimum Gasteiger partial charge on any atom is -0.465 e. The summed E-state index contributed by atoms with van der Waals surface area (Å²) in [7, 11) is -0.843. The first-order valence-corrected chi connectivity index (χ1v) is 14.7. The molecule has 7 rings (SSSR count). The fourth-order valence-electron chi connectivity index (χ4n) is 7.41. The second-order valence-electron chi connectivity index (χ2n) is 11.3. The van der Waals surface area contributed by atoms with Crippen LogP contribution in [0.1, 0.15) is 54.4 Å². The Hall–Kier alpha value is -3.39. The molecule has 198 valence electrons. The average Bonchev–Trinajstić information content (AvgIpc) is 2.92. The van der Waals surface area contributed by atoms with Gasteiger partial charge in [0.2, 0.25) is 0 Å². The number of ether oxygens (including phenoxy) is 1. The van der Waals surface area contributed by atoms with Gasteiger partial charge in [0.1, 0.15) is 11.4 Å². The summed E-state index contributed by atoms with van der Waals surface area (Å²) >= 11 is 0. The van der Waals surface area contributed by atoms with Crippen LogP contribution in [-0.2, 0) is 20.2 Å². The monoisotopic (exact) mass is 531 g/mol. The predicted octanol–water partition coefficient (Wildman–Crippen LogP) is 5.90. The molecule has 1 N–H and O–H groups in total. The van der Waals surface area contributed by atoms with Crippen LogP contribution in [0.5, 0.6) is 0 Å². The zero-order valence-electron chi connectivity index (χ0n) is 21.8. The van der Waals surface area contributed by atoms with Gasteiger partial charge in [0.05, 0.1) is 17.7 Å². The molecule has 4 aliphatic carbocycles. The predicted molar refractivity (Wildman–Crippen MR) is 147 cm³/mol. The van der Waals surface area contributed by atoms with Crippen LogP contribution >= 0.6 is 0 Å². The summed E-state index contributed by atoms with van der Waals surface area (Å²) in [6.07, 6.45) is 9.63. The minimum absolute atomic E-state index is 0.185. The Kier molecular flexibility index (Phi) is 6.17. The van der Waals surface area contributed by atoms with E-state index in [-0.39, 0.29) is 10.3 Å². The Bertz CT molecular complexity index is 1420. The number of benzene rings is 2. The average molecular weight is 532 g/mol. The number of sulfonamides is 1. The Balaban J connectivity index is 1.18. The quantitative estimate of drug-likeness (QED) is 0.382. The van der Waals surface area contributed by atoms with Gasteiger partial charge in [-0.1, -0.05) is 12.1 Å². The van der Waals surface area contributed by atoms with Crippen LogP contribution in [-0.4, -0.2) is 33.5 Å². The van der Waals surface area contributed by atoms with Crippen LogP contribution in [0, 0.1) is 17.8 Å². The molecule has 0 atom stereocenters. The molecule has 2 aromatic carbocycles. The molecule has 1 aromatic heterocycles. The third kappa shape index (κ3) is 4.34. The smallest absolute Gasteiger partial charge is 0.341 e. The van der Waals surface area contributed by atoms with E-state index in [0.717, 1.165) is 17.8 Å². The van der Waals surface area contributed by atoms with E-state index in [0.29, 0.717) is 22.8 Å². The highest BCUT2D eigenvalue weighted by molar-refractivity contribution is 7.92. The van der Waals surface area contributed by atoms with E-state index in [2.05, 4.69) is 22.4 Å². The number of aromatic nitrogens is 1. The molecule has 4 bridgehead atoms. The van der Waals surface area contributed by atoms with Gasteiger partial charge in [0.25, 0.3) is 10.0 Å². The number of rotatable bonds is 7. The van der Waals surface area contributed by atoms with Crippen molar-refractivity contribution in [3.05, 3.63) is 78.0 Å². The normalized spacial score (nSPS) is 25.7. The SMILES string of the molecule is COC(=O)c1cccnc1Nc1ccc(S(=O)(=O)N(C)c2ccc(C34CC5CC(CC(C5)C3)C4)cc2)cc1. The molecule has 0 aliphatic heterocycles. The van der Waals surface area contributed by atoms with Gasteiger partial charge in [-0.3, -0.25) is 4.31 Å². The molecule has 38 heavy (non-hydrogen) atoms. The number of methoxy groups -OCH3 is 1. The van der Waals surface area contributed by atoms with Crippen LogP contribution in [0.4, 0.5) is 17.2 Å². The molecule has 0 spiro atoms. The summed E-state index contributed by atoms with van der Waals surface area (Å²) < 4.78 is 33.0. The zero-order valence-corrected chi connectivity index (χ0v) is 22.6. The van der Waals surface area contributed by atoms with Gasteiger partial charge in [-0.25, -0.2) is 18.2 Å². The maximum atomic E-state index is 13.4. The van der Waals surface area contributed by atoms with Crippen LogP contribution in [0.3, 0.4) is 0 Å². The zero-order chi connectivity index (χ0) is 26.5. The molecule has 4 aliphatic rings. The van der Waals surface area contributed by atoms with Crippen molar-refractivity contribution >= 4 is 33.2 Å². The Morgan fingerprint density at radius 1 is 0.947 bits per heavy atom. The number of anilines is 3. The summed E-state index contributed by atoms with van der Waals surface area (Å²) in [5.74, 6) is 2.44. The number of carbonyl (C=O) groups excluding carboxylic acids is 1. The summed E-state index contributed by atoms with van der Waals surface area (Å²) in [6, 6.07) is 17.9. The van der Waals surface area contributed by atoms with Crippen LogP contribution in [0.25, 0.3) is 0 Å². The van der Waals surface area contributed by atoms with Crippen molar-refractivity contribution in [2.75, 3.05) is 23.8 Å². The van der Waals surface area contributed by atoms with Crippen molar-refractivity contribution < 1.29 is 17.9 Å². The number of hydrogen-bond donors (Lipinski definition) is 1. The second-order valence-corrected chi connectivity index (χ2v) is 13.2. The molecule has 0 radical (unpaired) electrons. The number of esters is 1. The van der Waals surface area contributed by atoms with Crippen molar-refractivity contribution in [3.63, 3.8) is 0 Å². The highest BCUT2D eigenvalue weighted by atomic mass is 32.2. The fraction of sp³-hybridized carbons (Fsp3) is 0.400. The molecule has 3 aromatic rings. The third-order valence-corrected chi connectivity index (χ3v) is 10.7. The summed E-state index contributed by atoms with van der Waals surface area (Å²) in [5.41, 5.74) is 3.22. The molecule has 4 fully saturated rings. The van der Waals surface area contributed by atoms with Gasteiger partial charge in [0, 0.05) is 18.9 Å². The lowest BCUT2D eigenvalue weighted by molar-refractivity contribution is -0.00518. The lowest BCUT2D eigenvalue weighted by Crippen LogP contribution is -2.48. The minimum atomic E-state index is -3.75. The van der Waals surface area contributed by atoms with Gasteiger partial charge >= 0.3 is 5.97 Å². The lowest BCUT2D eigenvalue weighted by Gasteiger charge is -2.57. The maximum absolute atomic E-state index is 13.4. The van der Waals surface area contributed by atoms with Gasteiger partial charge < -0.3 is 10.1 Å². The summed E-state index contributed by atoms with van der Waals surface area (Å²) in [4.78, 5) is 16.4. The highest BCUT2D eigenvalue weighted by Gasteiger charge is 2.51. The van der Waals surface area contributed by atoms with Crippen LogP contribution in [0.15, 0.2) is 71.8 Å². The third-order valence-electron chi connectivity index (χ3n) is 8.87. The molecule has 0 saturated heterocycles. The molecular weight excluding hydrogens is 498 g/mol. The standard InChI is InChI=1S/C30H33N3O4S/c1-33(25-9-5-23(6-10-25)30-17-20-14-21(18-30)16-22(15-20)19-30)38(35,36)26-11-7-24(8-12-26)32-28-27(29(34)37-2)4-3-13-31-28/h3-13,20-22H,14-19H2,1-2H3,(H,31,32). The number of nitrogens with zero attached hydrogens (tertiary/aromatic N) is 2. The van der Waals surface area contributed by atoms with Crippen LogP contribution < -0.4 is 9.62 Å². The molecule has 1 heterocycles.